The molecule has 0 aromatic heterocycles. The molecule has 0 radical (unpaired) electrons. The molecule has 1 amide bonds. The van der Waals surface area contributed by atoms with Crippen LogP contribution in [0.5, 0.6) is 0 Å². The maximum absolute atomic E-state index is 12.7. The maximum Gasteiger partial charge on any atom is 0.254 e. The first-order chi connectivity index (χ1) is 12.2. The van der Waals surface area contributed by atoms with E-state index in [9.17, 15) is 4.79 Å². The van der Waals surface area contributed by atoms with Crippen molar-refractivity contribution in [1.29, 1.82) is 0 Å². The van der Waals surface area contributed by atoms with Crippen LogP contribution < -0.4 is 5.32 Å². The van der Waals surface area contributed by atoms with E-state index < -0.39 is 6.10 Å². The number of ether oxygens (including phenoxy) is 1. The summed E-state index contributed by atoms with van der Waals surface area (Å²) in [5.74, 6) is -0.117. The minimum absolute atomic E-state index is 0.0431. The van der Waals surface area contributed by atoms with Crippen molar-refractivity contribution >= 4 is 16.7 Å². The molecule has 0 aliphatic carbocycles. The Morgan fingerprint density at radius 3 is 2.28 bits per heavy atom. The highest BCUT2D eigenvalue weighted by Gasteiger charge is 2.22. The molecule has 1 N–H and O–H groups in total. The van der Waals surface area contributed by atoms with Gasteiger partial charge in [-0.2, -0.15) is 0 Å². The molecule has 3 rings (SSSR count). The lowest BCUT2D eigenvalue weighted by molar-refractivity contribution is -0.132. The van der Waals surface area contributed by atoms with Crippen molar-refractivity contribution < 1.29 is 9.53 Å². The summed E-state index contributed by atoms with van der Waals surface area (Å²) in [5.41, 5.74) is 1.97. The van der Waals surface area contributed by atoms with Crippen LogP contribution in [0.1, 0.15) is 36.6 Å². The van der Waals surface area contributed by atoms with Gasteiger partial charge in [0.2, 0.25) is 0 Å². The second-order valence-corrected chi connectivity index (χ2v) is 6.10. The number of amides is 1. The number of carbonyl (C=O) groups is 1. The average molecular weight is 333 g/mol. The molecule has 0 aliphatic rings. The zero-order valence-electron chi connectivity index (χ0n) is 14.6. The fourth-order valence-corrected chi connectivity index (χ4v) is 3.12. The highest BCUT2D eigenvalue weighted by atomic mass is 16.5. The van der Waals surface area contributed by atoms with Gasteiger partial charge in [0.05, 0.1) is 6.04 Å². The zero-order chi connectivity index (χ0) is 17.6. The van der Waals surface area contributed by atoms with E-state index in [4.69, 9.17) is 4.74 Å². The van der Waals surface area contributed by atoms with Crippen molar-refractivity contribution in [3.8, 4) is 0 Å². The molecule has 0 aliphatic heterocycles. The van der Waals surface area contributed by atoms with Crippen molar-refractivity contribution in [2.45, 2.75) is 25.5 Å². The molecule has 0 fully saturated rings. The Hall–Kier alpha value is -2.65. The van der Waals surface area contributed by atoms with Gasteiger partial charge in [0, 0.05) is 7.11 Å². The summed E-state index contributed by atoms with van der Waals surface area (Å²) in [6.07, 6.45) is 0.214. The average Bonchev–Trinajstić information content (AvgIpc) is 2.67. The summed E-state index contributed by atoms with van der Waals surface area (Å²) in [7, 11) is 1.56. The van der Waals surface area contributed by atoms with E-state index in [0.29, 0.717) is 0 Å². The number of fused-ring (bicyclic) bond motifs is 1. The fraction of sp³-hybridized carbons (Fsp3) is 0.227. The van der Waals surface area contributed by atoms with Crippen LogP contribution in [0.3, 0.4) is 0 Å². The Kier molecular flexibility index (Phi) is 5.46. The Bertz CT molecular complexity index is 845. The third kappa shape index (κ3) is 3.89. The molecule has 2 unspecified atom stereocenters. The number of carbonyl (C=O) groups excluding carboxylic acids is 1. The summed E-state index contributed by atoms with van der Waals surface area (Å²) >= 11 is 0. The van der Waals surface area contributed by atoms with Gasteiger partial charge >= 0.3 is 0 Å². The predicted octanol–water partition coefficient (Wildman–Crippen LogP) is 4.79. The molecule has 0 saturated heterocycles. The van der Waals surface area contributed by atoms with Crippen molar-refractivity contribution in [2.75, 3.05) is 7.11 Å². The monoisotopic (exact) mass is 333 g/mol. The largest absolute Gasteiger partial charge is 0.367 e. The molecule has 0 bridgehead atoms. The summed E-state index contributed by atoms with van der Waals surface area (Å²) < 4.78 is 5.44. The van der Waals surface area contributed by atoms with Gasteiger partial charge in [0.1, 0.15) is 0 Å². The normalized spacial score (nSPS) is 13.4. The third-order valence-corrected chi connectivity index (χ3v) is 4.48. The molecule has 25 heavy (non-hydrogen) atoms. The Labute approximate surface area is 148 Å². The van der Waals surface area contributed by atoms with Crippen LogP contribution in [0.25, 0.3) is 10.8 Å². The number of nitrogens with one attached hydrogen (secondary N) is 1. The Balaban J connectivity index is 1.81. The summed E-state index contributed by atoms with van der Waals surface area (Å²) in [6, 6.07) is 24.1. The summed E-state index contributed by atoms with van der Waals surface area (Å²) in [5, 5.41) is 5.51. The molecule has 3 nitrogen and oxygen atoms in total. The second kappa shape index (κ2) is 7.95. The van der Waals surface area contributed by atoms with E-state index in [-0.39, 0.29) is 11.9 Å². The lowest BCUT2D eigenvalue weighted by atomic mass is 9.99. The van der Waals surface area contributed by atoms with Crippen LogP contribution in [0.2, 0.25) is 0 Å². The van der Waals surface area contributed by atoms with Gasteiger partial charge in [-0.3, -0.25) is 4.79 Å². The van der Waals surface area contributed by atoms with Gasteiger partial charge in [-0.05, 0) is 34.4 Å². The van der Waals surface area contributed by atoms with Crippen LogP contribution in [-0.4, -0.2) is 13.0 Å². The third-order valence-electron chi connectivity index (χ3n) is 4.48. The van der Waals surface area contributed by atoms with E-state index in [1.165, 1.54) is 10.8 Å². The van der Waals surface area contributed by atoms with Crippen molar-refractivity contribution in [1.82, 2.24) is 5.32 Å². The summed E-state index contributed by atoms with van der Waals surface area (Å²) in [6.45, 7) is 2.07. The predicted molar refractivity (Wildman–Crippen MR) is 101 cm³/mol. The second-order valence-electron chi connectivity index (χ2n) is 6.10. The highest BCUT2D eigenvalue weighted by Crippen LogP contribution is 2.24. The van der Waals surface area contributed by atoms with E-state index in [0.717, 1.165) is 17.5 Å². The number of methoxy groups -OCH3 is 1. The lowest BCUT2D eigenvalue weighted by Crippen LogP contribution is -2.33. The highest BCUT2D eigenvalue weighted by molar-refractivity contribution is 5.84. The molecule has 0 heterocycles. The topological polar surface area (TPSA) is 38.3 Å². The van der Waals surface area contributed by atoms with Crippen LogP contribution in [-0.2, 0) is 9.53 Å². The van der Waals surface area contributed by atoms with Gasteiger partial charge in [-0.15, -0.1) is 0 Å². The number of rotatable bonds is 6. The molecular formula is C22H23NO2. The first kappa shape index (κ1) is 17.2. The van der Waals surface area contributed by atoms with Crippen LogP contribution in [0, 0.1) is 0 Å². The summed E-state index contributed by atoms with van der Waals surface area (Å²) in [4.78, 5) is 12.7. The van der Waals surface area contributed by atoms with Gasteiger partial charge < -0.3 is 10.1 Å². The smallest absolute Gasteiger partial charge is 0.254 e. The van der Waals surface area contributed by atoms with Gasteiger partial charge in [-0.25, -0.2) is 0 Å². The van der Waals surface area contributed by atoms with Crippen LogP contribution in [0.4, 0.5) is 0 Å². The molecule has 2 atom stereocenters. The van der Waals surface area contributed by atoms with Crippen molar-refractivity contribution in [2.24, 2.45) is 0 Å². The standard InChI is InChI=1S/C22H23NO2/c1-3-20(19-14-13-16-9-7-8-12-18(16)15-19)23-22(24)21(25-2)17-10-5-4-6-11-17/h4-15,20-21H,3H2,1-2H3,(H,23,24). The molecule has 128 valence electrons. The maximum atomic E-state index is 12.7. The molecule has 0 saturated carbocycles. The molecule has 3 heteroatoms. The van der Waals surface area contributed by atoms with Crippen LogP contribution in [0.15, 0.2) is 72.8 Å². The molecule has 3 aromatic rings. The zero-order valence-corrected chi connectivity index (χ0v) is 14.6. The van der Waals surface area contributed by atoms with Crippen LogP contribution >= 0.6 is 0 Å². The van der Waals surface area contributed by atoms with E-state index in [2.05, 4.69) is 42.6 Å². The molecular weight excluding hydrogens is 310 g/mol. The van der Waals surface area contributed by atoms with Crippen molar-refractivity contribution in [3.05, 3.63) is 83.9 Å². The Morgan fingerprint density at radius 1 is 0.920 bits per heavy atom. The first-order valence-electron chi connectivity index (χ1n) is 8.59. The lowest BCUT2D eigenvalue weighted by Gasteiger charge is -2.22. The van der Waals surface area contributed by atoms with E-state index in [1.807, 2.05) is 42.5 Å². The fourth-order valence-electron chi connectivity index (χ4n) is 3.12. The SMILES string of the molecule is CCC(NC(=O)C(OC)c1ccccc1)c1ccc2ccccc2c1. The number of hydrogen-bond acceptors (Lipinski definition) is 2. The van der Waals surface area contributed by atoms with Gasteiger partial charge in [-0.1, -0.05) is 73.7 Å². The van der Waals surface area contributed by atoms with Gasteiger partial charge in [0.15, 0.2) is 6.10 Å². The van der Waals surface area contributed by atoms with E-state index in [1.54, 1.807) is 7.11 Å². The minimum atomic E-state index is -0.601. The first-order valence-corrected chi connectivity index (χ1v) is 8.59. The minimum Gasteiger partial charge on any atom is -0.367 e. The molecule has 3 aromatic carbocycles. The Morgan fingerprint density at radius 2 is 1.60 bits per heavy atom. The van der Waals surface area contributed by atoms with Crippen molar-refractivity contribution in [3.63, 3.8) is 0 Å². The number of benzene rings is 3. The molecule has 0 spiro atoms. The van der Waals surface area contributed by atoms with Gasteiger partial charge in [0.25, 0.3) is 5.91 Å². The number of hydrogen-bond donors (Lipinski definition) is 1. The van der Waals surface area contributed by atoms with E-state index >= 15 is 0 Å². The quantitative estimate of drug-likeness (QED) is 0.704.